The molecule has 2 aromatic carbocycles. The smallest absolute Gasteiger partial charge is 0.420 e. The van der Waals surface area contributed by atoms with E-state index in [1.165, 1.54) is 0 Å². The molecule has 0 saturated heterocycles. The van der Waals surface area contributed by atoms with Crippen molar-refractivity contribution in [2.45, 2.75) is 13.0 Å². The minimum atomic E-state index is -0.411. The van der Waals surface area contributed by atoms with E-state index in [1.807, 2.05) is 50.5 Å². The van der Waals surface area contributed by atoms with Gasteiger partial charge in [-0.3, -0.25) is 4.57 Å². The maximum Gasteiger partial charge on any atom is 0.420 e. The minimum absolute atomic E-state index is 0.374. The van der Waals surface area contributed by atoms with Crippen LogP contribution < -0.4 is 15.2 Å². The summed E-state index contributed by atoms with van der Waals surface area (Å²) in [6.07, 6.45) is 4.31. The van der Waals surface area contributed by atoms with Gasteiger partial charge >= 0.3 is 5.76 Å². The number of hydrogen-bond acceptors (Lipinski definition) is 7. The number of oxazole rings is 1. The Bertz CT molecular complexity index is 1250. The Hall–Kier alpha value is -3.65. The third-order valence-corrected chi connectivity index (χ3v) is 5.05. The van der Waals surface area contributed by atoms with Crippen LogP contribution in [-0.4, -0.2) is 53.8 Å². The highest BCUT2D eigenvalue weighted by atomic mass is 16.5. The molecule has 0 N–H and O–H groups in total. The highest BCUT2D eigenvalue weighted by Gasteiger charge is 2.12. The molecule has 0 fully saturated rings. The molecule has 4 aromatic rings. The summed E-state index contributed by atoms with van der Waals surface area (Å²) in [5.41, 5.74) is 3.02. The zero-order chi connectivity index (χ0) is 22.5. The highest BCUT2D eigenvalue weighted by molar-refractivity contribution is 5.75. The average Bonchev–Trinajstić information content (AvgIpc) is 3.11. The van der Waals surface area contributed by atoms with E-state index in [0.717, 1.165) is 24.1 Å². The highest BCUT2D eigenvalue weighted by Crippen LogP contribution is 2.22. The molecular weight excluding hydrogens is 408 g/mol. The van der Waals surface area contributed by atoms with Crippen LogP contribution in [0.3, 0.4) is 0 Å². The lowest BCUT2D eigenvalue weighted by Gasteiger charge is -2.10. The summed E-state index contributed by atoms with van der Waals surface area (Å²) in [7, 11) is 5.65. The molecule has 0 bridgehead atoms. The second-order valence-electron chi connectivity index (χ2n) is 7.74. The number of ether oxygens (including phenoxy) is 2. The Balaban J connectivity index is 1.49. The largest absolute Gasteiger partial charge is 0.497 e. The molecule has 0 unspecified atom stereocenters. The van der Waals surface area contributed by atoms with E-state index in [2.05, 4.69) is 14.9 Å². The number of methoxy groups -OCH3 is 1. The lowest BCUT2D eigenvalue weighted by Crippen LogP contribution is -2.15. The first-order valence-electron chi connectivity index (χ1n) is 10.4. The molecule has 0 amide bonds. The number of fused-ring (bicyclic) bond motifs is 1. The Labute approximate surface area is 186 Å². The van der Waals surface area contributed by atoms with E-state index in [4.69, 9.17) is 13.9 Å². The van der Waals surface area contributed by atoms with Crippen LogP contribution in [0, 0.1) is 0 Å². The maximum absolute atomic E-state index is 12.4. The van der Waals surface area contributed by atoms with Crippen LogP contribution in [-0.2, 0) is 6.54 Å². The van der Waals surface area contributed by atoms with Crippen molar-refractivity contribution in [1.29, 1.82) is 0 Å². The van der Waals surface area contributed by atoms with Crippen LogP contribution in [0.5, 0.6) is 11.5 Å². The Morgan fingerprint density at radius 3 is 2.62 bits per heavy atom. The van der Waals surface area contributed by atoms with E-state index < -0.39 is 5.76 Å². The third kappa shape index (κ3) is 4.97. The lowest BCUT2D eigenvalue weighted by molar-refractivity contribution is 0.280. The van der Waals surface area contributed by atoms with Crippen LogP contribution in [0.25, 0.3) is 22.5 Å². The summed E-state index contributed by atoms with van der Waals surface area (Å²) in [5, 5.41) is 0. The van der Waals surface area contributed by atoms with Gasteiger partial charge in [-0.2, -0.15) is 0 Å². The Morgan fingerprint density at radius 1 is 1.06 bits per heavy atom. The summed E-state index contributed by atoms with van der Waals surface area (Å²) in [6, 6.07) is 13.1. The van der Waals surface area contributed by atoms with E-state index in [-0.39, 0.29) is 0 Å². The Kier molecular flexibility index (Phi) is 6.51. The molecule has 2 heterocycles. The predicted octanol–water partition coefficient (Wildman–Crippen LogP) is 3.44. The van der Waals surface area contributed by atoms with Gasteiger partial charge in [0.05, 0.1) is 38.2 Å². The summed E-state index contributed by atoms with van der Waals surface area (Å²) in [5.74, 6) is 1.48. The Morgan fingerprint density at radius 2 is 1.88 bits per heavy atom. The number of aromatic nitrogens is 3. The molecule has 8 nitrogen and oxygen atoms in total. The van der Waals surface area contributed by atoms with Crippen molar-refractivity contribution in [3.63, 3.8) is 0 Å². The summed E-state index contributed by atoms with van der Waals surface area (Å²) in [4.78, 5) is 23.4. The average molecular weight is 434 g/mol. The van der Waals surface area contributed by atoms with E-state index >= 15 is 0 Å². The number of hydrogen-bond donors (Lipinski definition) is 0. The van der Waals surface area contributed by atoms with Gasteiger partial charge in [0.2, 0.25) is 0 Å². The fraction of sp³-hybridized carbons (Fsp3) is 0.292. The van der Waals surface area contributed by atoms with Gasteiger partial charge in [0.15, 0.2) is 17.2 Å². The molecule has 0 aliphatic carbocycles. The first kappa shape index (κ1) is 21.6. The van der Waals surface area contributed by atoms with Crippen LogP contribution in [0.1, 0.15) is 12.0 Å². The molecule has 0 saturated carbocycles. The zero-order valence-electron chi connectivity index (χ0n) is 18.4. The van der Waals surface area contributed by atoms with Gasteiger partial charge in [-0.1, -0.05) is 18.2 Å². The van der Waals surface area contributed by atoms with Crippen LogP contribution >= 0.6 is 0 Å². The van der Waals surface area contributed by atoms with Crippen LogP contribution in [0.15, 0.2) is 64.1 Å². The monoisotopic (exact) mass is 434 g/mol. The molecule has 32 heavy (non-hydrogen) atoms. The topological polar surface area (TPSA) is 82.6 Å². The van der Waals surface area contributed by atoms with Crippen LogP contribution in [0.2, 0.25) is 0 Å². The van der Waals surface area contributed by atoms with E-state index in [9.17, 15) is 4.79 Å². The fourth-order valence-corrected chi connectivity index (χ4v) is 3.43. The van der Waals surface area contributed by atoms with Crippen molar-refractivity contribution in [2.24, 2.45) is 0 Å². The number of benzene rings is 2. The van der Waals surface area contributed by atoms with Crippen molar-refractivity contribution in [1.82, 2.24) is 19.4 Å². The quantitative estimate of drug-likeness (QED) is 0.373. The summed E-state index contributed by atoms with van der Waals surface area (Å²) < 4.78 is 17.9. The van der Waals surface area contributed by atoms with Gasteiger partial charge in [-0.15, -0.1) is 0 Å². The predicted molar refractivity (Wildman–Crippen MR) is 122 cm³/mol. The summed E-state index contributed by atoms with van der Waals surface area (Å²) in [6.45, 7) is 1.96. The molecule has 0 aliphatic rings. The molecular formula is C24H26N4O4. The lowest BCUT2D eigenvalue weighted by atomic mass is 10.1. The first-order chi connectivity index (χ1) is 15.5. The normalized spacial score (nSPS) is 11.2. The van der Waals surface area contributed by atoms with Gasteiger partial charge in [0.25, 0.3) is 0 Å². The molecule has 0 radical (unpaired) electrons. The molecule has 2 aromatic heterocycles. The second kappa shape index (κ2) is 9.65. The maximum atomic E-state index is 12.4. The molecule has 0 atom stereocenters. The van der Waals surface area contributed by atoms with Crippen molar-refractivity contribution >= 4 is 11.1 Å². The van der Waals surface area contributed by atoms with Gasteiger partial charge < -0.3 is 18.8 Å². The SMILES string of the molecule is COc1ccc2c(c1)oc(=O)n2Cc1cccc(-c2ncc(OCCCN(C)C)cn2)c1. The molecule has 8 heteroatoms. The zero-order valence-corrected chi connectivity index (χ0v) is 18.4. The van der Waals surface area contributed by atoms with Crippen molar-refractivity contribution in [3.05, 3.63) is 71.0 Å². The van der Waals surface area contributed by atoms with Gasteiger partial charge in [-0.05, 0) is 44.3 Å². The van der Waals surface area contributed by atoms with Gasteiger partial charge in [0, 0.05) is 18.2 Å². The molecule has 0 aliphatic heterocycles. The van der Waals surface area contributed by atoms with E-state index in [0.29, 0.717) is 41.6 Å². The van der Waals surface area contributed by atoms with Crippen molar-refractivity contribution in [3.8, 4) is 22.9 Å². The minimum Gasteiger partial charge on any atom is -0.497 e. The van der Waals surface area contributed by atoms with Crippen molar-refractivity contribution in [2.75, 3.05) is 34.4 Å². The number of nitrogens with zero attached hydrogens (tertiary/aromatic N) is 4. The fourth-order valence-electron chi connectivity index (χ4n) is 3.43. The number of rotatable bonds is 9. The standard InChI is InChI=1S/C24H26N4O4/c1-27(2)10-5-11-31-20-14-25-23(26-15-20)18-7-4-6-17(12-18)16-28-21-9-8-19(30-3)13-22(21)32-24(28)29/h4,6-9,12-15H,5,10-11,16H2,1-3H3. The first-order valence-corrected chi connectivity index (χ1v) is 10.4. The third-order valence-electron chi connectivity index (χ3n) is 5.05. The van der Waals surface area contributed by atoms with Crippen molar-refractivity contribution < 1.29 is 13.9 Å². The molecule has 4 rings (SSSR count). The van der Waals surface area contributed by atoms with E-state index in [1.54, 1.807) is 30.1 Å². The van der Waals surface area contributed by atoms with Crippen LogP contribution in [0.4, 0.5) is 0 Å². The van der Waals surface area contributed by atoms with Gasteiger partial charge in [0.1, 0.15) is 5.75 Å². The molecule has 0 spiro atoms. The second-order valence-corrected chi connectivity index (χ2v) is 7.74. The molecule has 166 valence electrons. The summed E-state index contributed by atoms with van der Waals surface area (Å²) >= 11 is 0. The van der Waals surface area contributed by atoms with Gasteiger partial charge in [-0.25, -0.2) is 14.8 Å².